The van der Waals surface area contributed by atoms with Crippen molar-refractivity contribution in [1.82, 2.24) is 0 Å². The monoisotopic (exact) mass is 466 g/mol. The molecular formula is C24H16Cl2N2O4. The van der Waals surface area contributed by atoms with Crippen molar-refractivity contribution < 1.29 is 19.4 Å². The first-order valence-corrected chi connectivity index (χ1v) is 10.0. The number of amides is 1. The number of hydrogen-bond acceptors (Lipinski definition) is 4. The van der Waals surface area contributed by atoms with Gasteiger partial charge in [0.1, 0.15) is 24.0 Å². The number of carbonyl (C=O) groups excluding carboxylic acids is 1. The van der Waals surface area contributed by atoms with Crippen molar-refractivity contribution in [3.8, 4) is 11.8 Å². The SMILES string of the molecule is N#CC(=Cc1cc(Cl)ccc1OCc1ccc(C(=O)O)cc1)C(=O)Nc1ccc(Cl)cc1. The summed E-state index contributed by atoms with van der Waals surface area (Å²) in [6.07, 6.45) is 1.39. The Morgan fingerprint density at radius 2 is 1.66 bits per heavy atom. The molecule has 3 aromatic carbocycles. The summed E-state index contributed by atoms with van der Waals surface area (Å²) in [6, 6.07) is 19.5. The number of carboxylic acid groups (broad SMARTS) is 1. The zero-order chi connectivity index (χ0) is 23.1. The van der Waals surface area contributed by atoms with Crippen LogP contribution in [0.25, 0.3) is 6.08 Å². The maximum absolute atomic E-state index is 12.5. The molecule has 0 bridgehead atoms. The molecule has 0 heterocycles. The summed E-state index contributed by atoms with van der Waals surface area (Å²) in [5.41, 5.74) is 1.73. The van der Waals surface area contributed by atoms with Crippen molar-refractivity contribution in [1.29, 1.82) is 5.26 Å². The van der Waals surface area contributed by atoms with Gasteiger partial charge < -0.3 is 15.2 Å². The molecule has 0 radical (unpaired) electrons. The van der Waals surface area contributed by atoms with E-state index in [9.17, 15) is 14.9 Å². The van der Waals surface area contributed by atoms with Gasteiger partial charge in [-0.05, 0) is 66.2 Å². The van der Waals surface area contributed by atoms with Crippen molar-refractivity contribution in [2.24, 2.45) is 0 Å². The second kappa shape index (κ2) is 10.5. The van der Waals surface area contributed by atoms with Crippen LogP contribution in [0, 0.1) is 11.3 Å². The van der Waals surface area contributed by atoms with Gasteiger partial charge in [-0.2, -0.15) is 5.26 Å². The number of rotatable bonds is 7. The number of nitrogens with one attached hydrogen (secondary N) is 1. The van der Waals surface area contributed by atoms with Crippen LogP contribution in [0.15, 0.2) is 72.3 Å². The van der Waals surface area contributed by atoms with Gasteiger partial charge in [-0.25, -0.2) is 4.79 Å². The van der Waals surface area contributed by atoms with E-state index in [1.807, 2.05) is 6.07 Å². The molecule has 3 aromatic rings. The first-order chi connectivity index (χ1) is 15.4. The Kier molecular flexibility index (Phi) is 7.50. The normalized spacial score (nSPS) is 10.8. The highest BCUT2D eigenvalue weighted by Crippen LogP contribution is 2.27. The molecule has 0 aliphatic heterocycles. The molecule has 0 unspecified atom stereocenters. The van der Waals surface area contributed by atoms with Crippen LogP contribution in [0.1, 0.15) is 21.5 Å². The van der Waals surface area contributed by atoms with Crippen molar-refractivity contribution in [3.63, 3.8) is 0 Å². The smallest absolute Gasteiger partial charge is 0.335 e. The predicted molar refractivity (Wildman–Crippen MR) is 123 cm³/mol. The van der Waals surface area contributed by atoms with Crippen LogP contribution < -0.4 is 10.1 Å². The molecule has 1 amide bonds. The zero-order valence-electron chi connectivity index (χ0n) is 16.5. The number of hydrogen-bond donors (Lipinski definition) is 2. The van der Waals surface area contributed by atoms with Crippen LogP contribution in [0.4, 0.5) is 5.69 Å². The number of carbonyl (C=O) groups is 2. The van der Waals surface area contributed by atoms with Gasteiger partial charge in [-0.3, -0.25) is 4.79 Å². The number of halogens is 2. The molecule has 0 atom stereocenters. The Bertz CT molecular complexity index is 1210. The average Bonchev–Trinajstić information content (AvgIpc) is 2.78. The minimum Gasteiger partial charge on any atom is -0.488 e. The van der Waals surface area contributed by atoms with E-state index in [-0.39, 0.29) is 17.7 Å². The summed E-state index contributed by atoms with van der Waals surface area (Å²) in [6.45, 7) is 0.154. The van der Waals surface area contributed by atoms with Gasteiger partial charge in [-0.1, -0.05) is 35.3 Å². The zero-order valence-corrected chi connectivity index (χ0v) is 18.0. The molecule has 8 heteroatoms. The Balaban J connectivity index is 1.79. The molecular weight excluding hydrogens is 451 g/mol. The first-order valence-electron chi connectivity index (χ1n) is 9.29. The molecule has 2 N–H and O–H groups in total. The number of benzene rings is 3. The Morgan fingerprint density at radius 3 is 2.28 bits per heavy atom. The maximum atomic E-state index is 12.5. The third-order valence-electron chi connectivity index (χ3n) is 4.33. The topological polar surface area (TPSA) is 99.4 Å². The molecule has 32 heavy (non-hydrogen) atoms. The fraction of sp³-hybridized carbons (Fsp3) is 0.0417. The molecule has 0 saturated heterocycles. The highest BCUT2D eigenvalue weighted by atomic mass is 35.5. The fourth-order valence-corrected chi connectivity index (χ4v) is 3.01. The number of nitrogens with zero attached hydrogens (tertiary/aromatic N) is 1. The van der Waals surface area contributed by atoms with Gasteiger partial charge in [0.25, 0.3) is 5.91 Å². The van der Waals surface area contributed by atoms with Gasteiger partial charge in [0.2, 0.25) is 0 Å². The number of ether oxygens (including phenoxy) is 1. The third kappa shape index (κ3) is 6.11. The minimum absolute atomic E-state index is 0.141. The largest absolute Gasteiger partial charge is 0.488 e. The van der Waals surface area contributed by atoms with E-state index < -0.39 is 11.9 Å². The summed E-state index contributed by atoms with van der Waals surface area (Å²) in [4.78, 5) is 23.5. The Labute approximate surface area is 194 Å². The number of carboxylic acids is 1. The highest BCUT2D eigenvalue weighted by Gasteiger charge is 2.12. The van der Waals surface area contributed by atoms with Crippen LogP contribution >= 0.6 is 23.2 Å². The van der Waals surface area contributed by atoms with E-state index >= 15 is 0 Å². The standard InChI is InChI=1S/C24H16Cl2N2O4/c25-19-5-8-21(9-6-19)28-23(29)18(13-27)11-17-12-20(26)7-10-22(17)32-14-15-1-3-16(4-2-15)24(30)31/h1-12H,14H2,(H,28,29)(H,30,31). The summed E-state index contributed by atoms with van der Waals surface area (Å²) >= 11 is 11.9. The number of anilines is 1. The summed E-state index contributed by atoms with van der Waals surface area (Å²) in [5, 5.41) is 22.1. The highest BCUT2D eigenvalue weighted by molar-refractivity contribution is 6.31. The van der Waals surface area contributed by atoms with E-state index in [0.29, 0.717) is 27.0 Å². The first kappa shape index (κ1) is 22.9. The van der Waals surface area contributed by atoms with E-state index in [2.05, 4.69) is 5.32 Å². The molecule has 160 valence electrons. The van der Waals surface area contributed by atoms with Gasteiger partial charge >= 0.3 is 5.97 Å². The quantitative estimate of drug-likeness (QED) is 0.337. The Hall–Kier alpha value is -3.79. The van der Waals surface area contributed by atoms with Crippen molar-refractivity contribution in [2.75, 3.05) is 5.32 Å². The molecule has 0 fully saturated rings. The van der Waals surface area contributed by atoms with Crippen LogP contribution in [-0.4, -0.2) is 17.0 Å². The van der Waals surface area contributed by atoms with Crippen LogP contribution in [0.3, 0.4) is 0 Å². The predicted octanol–water partition coefficient (Wildman–Crippen LogP) is 5.82. The van der Waals surface area contributed by atoms with Gasteiger partial charge in [-0.15, -0.1) is 0 Å². The third-order valence-corrected chi connectivity index (χ3v) is 4.82. The second-order valence-electron chi connectivity index (χ2n) is 6.60. The lowest BCUT2D eigenvalue weighted by Crippen LogP contribution is -2.13. The Morgan fingerprint density at radius 1 is 1.00 bits per heavy atom. The fourth-order valence-electron chi connectivity index (χ4n) is 2.70. The lowest BCUT2D eigenvalue weighted by molar-refractivity contribution is -0.112. The van der Waals surface area contributed by atoms with Crippen LogP contribution in [0.2, 0.25) is 10.0 Å². The van der Waals surface area contributed by atoms with E-state index in [1.54, 1.807) is 54.6 Å². The van der Waals surface area contributed by atoms with E-state index in [0.717, 1.165) is 5.56 Å². The van der Waals surface area contributed by atoms with Crippen molar-refractivity contribution >= 4 is 46.8 Å². The molecule has 6 nitrogen and oxygen atoms in total. The van der Waals surface area contributed by atoms with E-state index in [1.165, 1.54) is 18.2 Å². The van der Waals surface area contributed by atoms with Gasteiger partial charge in [0.05, 0.1) is 5.56 Å². The van der Waals surface area contributed by atoms with Crippen molar-refractivity contribution in [3.05, 3.63) is 99.0 Å². The summed E-state index contributed by atoms with van der Waals surface area (Å²) in [5.74, 6) is -1.20. The average molecular weight is 467 g/mol. The van der Waals surface area contributed by atoms with Crippen LogP contribution in [-0.2, 0) is 11.4 Å². The minimum atomic E-state index is -1.01. The molecule has 0 aromatic heterocycles. The lowest BCUT2D eigenvalue weighted by atomic mass is 10.1. The van der Waals surface area contributed by atoms with Crippen LogP contribution in [0.5, 0.6) is 5.75 Å². The second-order valence-corrected chi connectivity index (χ2v) is 7.48. The number of nitriles is 1. The van der Waals surface area contributed by atoms with Gasteiger partial charge in [0.15, 0.2) is 0 Å². The molecule has 0 aliphatic carbocycles. The molecule has 0 aliphatic rings. The molecule has 0 spiro atoms. The maximum Gasteiger partial charge on any atom is 0.335 e. The molecule has 3 rings (SSSR count). The van der Waals surface area contributed by atoms with Crippen molar-refractivity contribution in [2.45, 2.75) is 6.61 Å². The molecule has 0 saturated carbocycles. The van der Waals surface area contributed by atoms with Gasteiger partial charge in [0, 0.05) is 21.3 Å². The summed E-state index contributed by atoms with van der Waals surface area (Å²) < 4.78 is 5.83. The lowest BCUT2D eigenvalue weighted by Gasteiger charge is -2.11. The van der Waals surface area contributed by atoms with E-state index in [4.69, 9.17) is 33.0 Å². The number of aromatic carboxylic acids is 1. The summed E-state index contributed by atoms with van der Waals surface area (Å²) in [7, 11) is 0.